The quantitative estimate of drug-likeness (QED) is 0.763. The number of hydrogen-bond donors (Lipinski definition) is 1. The molecule has 1 aromatic carbocycles. The van der Waals surface area contributed by atoms with E-state index < -0.39 is 0 Å². The van der Waals surface area contributed by atoms with E-state index in [0.717, 1.165) is 15.8 Å². The highest BCUT2D eigenvalue weighted by Gasteiger charge is 2.11. The summed E-state index contributed by atoms with van der Waals surface area (Å²) in [5.41, 5.74) is 1.90. The van der Waals surface area contributed by atoms with Gasteiger partial charge in [0.25, 0.3) is 5.56 Å². The van der Waals surface area contributed by atoms with Crippen LogP contribution in [0.15, 0.2) is 59.5 Å². The minimum absolute atomic E-state index is 0.211. The molecule has 0 aliphatic rings. The number of aromatic nitrogens is 3. The Morgan fingerprint density at radius 2 is 2.00 bits per heavy atom. The summed E-state index contributed by atoms with van der Waals surface area (Å²) < 4.78 is 6.44. The average Bonchev–Trinajstić information content (AvgIpc) is 2.63. The Bertz CT molecular complexity index is 998. The van der Waals surface area contributed by atoms with Crippen LogP contribution in [0.3, 0.4) is 0 Å². The molecule has 7 heteroatoms. The molecule has 0 saturated carbocycles. The Morgan fingerprint density at radius 3 is 2.77 bits per heavy atom. The molecule has 132 valence electrons. The van der Waals surface area contributed by atoms with Crippen molar-refractivity contribution in [3.05, 3.63) is 70.6 Å². The number of carbonyl (C=O) groups excluding carboxylic acids is 1. The third kappa shape index (κ3) is 3.94. The van der Waals surface area contributed by atoms with Crippen molar-refractivity contribution in [1.29, 1.82) is 0 Å². The van der Waals surface area contributed by atoms with Crippen molar-refractivity contribution >= 4 is 11.7 Å². The van der Waals surface area contributed by atoms with Gasteiger partial charge < -0.3 is 10.1 Å². The highest BCUT2D eigenvalue weighted by Crippen LogP contribution is 2.27. The third-order valence-corrected chi connectivity index (χ3v) is 3.73. The molecule has 0 unspecified atom stereocenters. The third-order valence-electron chi connectivity index (χ3n) is 3.73. The predicted octanol–water partition coefficient (Wildman–Crippen LogP) is 2.26. The van der Waals surface area contributed by atoms with Crippen LogP contribution in [0.4, 0.5) is 5.82 Å². The van der Waals surface area contributed by atoms with Crippen LogP contribution in [0.1, 0.15) is 5.56 Å². The van der Waals surface area contributed by atoms with E-state index in [9.17, 15) is 9.59 Å². The van der Waals surface area contributed by atoms with Crippen LogP contribution in [0.25, 0.3) is 11.3 Å². The maximum Gasteiger partial charge on any atom is 0.267 e. The number of pyridine rings is 1. The van der Waals surface area contributed by atoms with Gasteiger partial charge in [-0.3, -0.25) is 9.59 Å². The van der Waals surface area contributed by atoms with Crippen molar-refractivity contribution < 1.29 is 9.53 Å². The summed E-state index contributed by atoms with van der Waals surface area (Å²) in [4.78, 5) is 28.4. The molecule has 0 fully saturated rings. The number of para-hydroxylation sites is 1. The van der Waals surface area contributed by atoms with Crippen molar-refractivity contribution in [2.45, 2.75) is 13.5 Å². The fraction of sp³-hybridized carbons (Fsp3) is 0.158. The molecule has 0 spiro atoms. The molecule has 1 amide bonds. The van der Waals surface area contributed by atoms with E-state index in [2.05, 4.69) is 15.4 Å². The first-order valence-electron chi connectivity index (χ1n) is 8.01. The molecule has 0 saturated heterocycles. The van der Waals surface area contributed by atoms with Gasteiger partial charge in [0.15, 0.2) is 0 Å². The van der Waals surface area contributed by atoms with Gasteiger partial charge in [-0.15, -0.1) is 0 Å². The van der Waals surface area contributed by atoms with Crippen molar-refractivity contribution in [2.75, 3.05) is 12.4 Å². The highest BCUT2D eigenvalue weighted by molar-refractivity contribution is 5.89. The van der Waals surface area contributed by atoms with Crippen LogP contribution < -0.4 is 15.6 Å². The zero-order chi connectivity index (χ0) is 18.5. The number of nitrogens with one attached hydrogen (secondary N) is 1. The molecule has 3 rings (SSSR count). The number of methoxy groups -OCH3 is 1. The normalized spacial score (nSPS) is 10.4. The van der Waals surface area contributed by atoms with Gasteiger partial charge in [0.1, 0.15) is 18.1 Å². The predicted molar refractivity (Wildman–Crippen MR) is 98.1 cm³/mol. The minimum Gasteiger partial charge on any atom is -0.496 e. The second-order valence-corrected chi connectivity index (χ2v) is 5.68. The van der Waals surface area contributed by atoms with E-state index >= 15 is 0 Å². The lowest BCUT2D eigenvalue weighted by Crippen LogP contribution is -2.29. The highest BCUT2D eigenvalue weighted by atomic mass is 16.5. The fourth-order valence-electron chi connectivity index (χ4n) is 2.49. The molecule has 1 N–H and O–H groups in total. The lowest BCUT2D eigenvalue weighted by atomic mass is 10.1. The lowest BCUT2D eigenvalue weighted by Gasteiger charge is -2.10. The van der Waals surface area contributed by atoms with Crippen LogP contribution in [0, 0.1) is 6.92 Å². The molecular weight excluding hydrogens is 332 g/mol. The van der Waals surface area contributed by atoms with Crippen LogP contribution in [-0.4, -0.2) is 27.8 Å². The smallest absolute Gasteiger partial charge is 0.267 e. The second-order valence-electron chi connectivity index (χ2n) is 5.68. The summed E-state index contributed by atoms with van der Waals surface area (Å²) in [6.07, 6.45) is 1.61. The molecule has 0 aliphatic carbocycles. The summed E-state index contributed by atoms with van der Waals surface area (Å²) in [6, 6.07) is 13.9. The minimum atomic E-state index is -0.380. The molecule has 26 heavy (non-hydrogen) atoms. The monoisotopic (exact) mass is 350 g/mol. The van der Waals surface area contributed by atoms with Crippen molar-refractivity contribution in [3.63, 3.8) is 0 Å². The van der Waals surface area contributed by atoms with E-state index in [4.69, 9.17) is 4.74 Å². The van der Waals surface area contributed by atoms with Crippen molar-refractivity contribution in [2.24, 2.45) is 0 Å². The van der Waals surface area contributed by atoms with E-state index in [1.807, 2.05) is 37.3 Å². The van der Waals surface area contributed by atoms with Gasteiger partial charge >= 0.3 is 0 Å². The van der Waals surface area contributed by atoms with Crippen LogP contribution in [0.2, 0.25) is 0 Å². The van der Waals surface area contributed by atoms with Gasteiger partial charge in [-0.2, -0.15) is 5.10 Å². The second kappa shape index (κ2) is 7.60. The SMILES string of the molecule is COc1ccccc1-c1ccc(=O)n(CC(=O)Nc2cc(C)ccn2)n1. The van der Waals surface area contributed by atoms with E-state index in [0.29, 0.717) is 17.3 Å². The molecular formula is C19H18N4O3. The average molecular weight is 350 g/mol. The standard InChI is InChI=1S/C19H18N4O3/c1-13-9-10-20-17(11-13)21-18(24)12-23-19(25)8-7-15(22-23)14-5-3-4-6-16(14)26-2/h3-11H,12H2,1-2H3,(H,20,21,24). The van der Waals surface area contributed by atoms with Crippen molar-refractivity contribution in [1.82, 2.24) is 14.8 Å². The number of rotatable bonds is 5. The fourth-order valence-corrected chi connectivity index (χ4v) is 2.49. The lowest BCUT2D eigenvalue weighted by molar-refractivity contribution is -0.117. The molecule has 0 radical (unpaired) electrons. The van der Waals surface area contributed by atoms with Crippen LogP contribution >= 0.6 is 0 Å². The first-order valence-corrected chi connectivity index (χ1v) is 8.01. The number of carbonyl (C=O) groups is 1. The topological polar surface area (TPSA) is 86.1 Å². The van der Waals surface area contributed by atoms with Crippen LogP contribution in [-0.2, 0) is 11.3 Å². The first kappa shape index (κ1) is 17.3. The summed E-state index contributed by atoms with van der Waals surface area (Å²) >= 11 is 0. The Labute approximate surface area is 150 Å². The summed E-state index contributed by atoms with van der Waals surface area (Å²) in [6.45, 7) is 1.69. The summed E-state index contributed by atoms with van der Waals surface area (Å²) in [7, 11) is 1.57. The molecule has 2 aromatic heterocycles. The number of ether oxygens (including phenoxy) is 1. The Hall–Kier alpha value is -3.48. The molecule has 0 atom stereocenters. The number of aryl methyl sites for hydroxylation is 1. The van der Waals surface area contributed by atoms with Crippen molar-refractivity contribution in [3.8, 4) is 17.0 Å². The number of benzene rings is 1. The maximum atomic E-state index is 12.2. The largest absolute Gasteiger partial charge is 0.496 e. The number of hydrogen-bond acceptors (Lipinski definition) is 5. The van der Waals surface area contributed by atoms with Gasteiger partial charge in [-0.1, -0.05) is 12.1 Å². The molecule has 3 aromatic rings. The zero-order valence-corrected chi connectivity index (χ0v) is 14.5. The Morgan fingerprint density at radius 1 is 1.19 bits per heavy atom. The zero-order valence-electron chi connectivity index (χ0n) is 14.5. The summed E-state index contributed by atoms with van der Waals surface area (Å²) in [5.74, 6) is 0.692. The first-order chi connectivity index (χ1) is 12.6. The maximum absolute atomic E-state index is 12.2. The molecule has 7 nitrogen and oxygen atoms in total. The number of anilines is 1. The molecule has 0 aliphatic heterocycles. The van der Waals surface area contributed by atoms with E-state index in [1.165, 1.54) is 6.07 Å². The van der Waals surface area contributed by atoms with Gasteiger partial charge in [0, 0.05) is 17.8 Å². The van der Waals surface area contributed by atoms with Gasteiger partial charge in [0.2, 0.25) is 5.91 Å². The number of nitrogens with zero attached hydrogens (tertiary/aromatic N) is 3. The van der Waals surface area contributed by atoms with Crippen LogP contribution in [0.5, 0.6) is 5.75 Å². The molecule has 2 heterocycles. The van der Waals surface area contributed by atoms with E-state index in [-0.39, 0.29) is 18.0 Å². The number of amides is 1. The Balaban J connectivity index is 1.84. The van der Waals surface area contributed by atoms with Gasteiger partial charge in [-0.25, -0.2) is 9.67 Å². The summed E-state index contributed by atoms with van der Waals surface area (Å²) in [5, 5.41) is 6.96. The van der Waals surface area contributed by atoms with Gasteiger partial charge in [-0.05, 0) is 42.8 Å². The van der Waals surface area contributed by atoms with Gasteiger partial charge in [0.05, 0.1) is 12.8 Å². The van der Waals surface area contributed by atoms with E-state index in [1.54, 1.807) is 25.4 Å². The molecule has 0 bridgehead atoms. The Kier molecular flexibility index (Phi) is 5.07.